The lowest BCUT2D eigenvalue weighted by Crippen LogP contribution is -2.39. The van der Waals surface area contributed by atoms with Gasteiger partial charge in [0.1, 0.15) is 11.5 Å². The lowest BCUT2D eigenvalue weighted by atomic mass is 10.1. The number of unbranched alkanes of at least 4 members (excludes halogenated alkanes) is 1. The van der Waals surface area contributed by atoms with Crippen LogP contribution in [0, 0.1) is 0 Å². The Labute approximate surface area is 171 Å². The van der Waals surface area contributed by atoms with Gasteiger partial charge in [0.2, 0.25) is 5.91 Å². The molecule has 0 bridgehead atoms. The van der Waals surface area contributed by atoms with E-state index in [1.54, 1.807) is 31.4 Å². The molecule has 6 nitrogen and oxygen atoms in total. The molecule has 29 heavy (non-hydrogen) atoms. The minimum Gasteiger partial charge on any atom is -0.497 e. The molecule has 3 rings (SSSR count). The summed E-state index contributed by atoms with van der Waals surface area (Å²) in [6.45, 7) is 3.39. The fourth-order valence-corrected chi connectivity index (χ4v) is 3.27. The van der Waals surface area contributed by atoms with Crippen LogP contribution in [0.5, 0.6) is 11.5 Å². The SMILES string of the molecule is CCCCOc1ccc(N2C(=O)C[C@@H](NCCc3ccc(OC)cc3)C2=O)cc1. The lowest BCUT2D eigenvalue weighted by Gasteiger charge is -2.16. The number of nitrogens with zero attached hydrogens (tertiary/aromatic N) is 1. The molecule has 1 aliphatic rings. The molecular weight excluding hydrogens is 368 g/mol. The Bertz CT molecular complexity index is 818. The molecule has 0 radical (unpaired) electrons. The fourth-order valence-electron chi connectivity index (χ4n) is 3.27. The Kier molecular flexibility index (Phi) is 7.25. The number of benzene rings is 2. The highest BCUT2D eigenvalue weighted by Gasteiger charge is 2.39. The normalized spacial score (nSPS) is 16.3. The Morgan fingerprint density at radius 1 is 1.03 bits per heavy atom. The van der Waals surface area contributed by atoms with E-state index in [1.165, 1.54) is 4.90 Å². The smallest absolute Gasteiger partial charge is 0.251 e. The number of imide groups is 1. The van der Waals surface area contributed by atoms with Crippen LogP contribution < -0.4 is 19.7 Å². The topological polar surface area (TPSA) is 67.9 Å². The summed E-state index contributed by atoms with van der Waals surface area (Å²) >= 11 is 0. The molecule has 1 saturated heterocycles. The third-order valence-corrected chi connectivity index (χ3v) is 4.97. The van der Waals surface area contributed by atoms with E-state index in [4.69, 9.17) is 9.47 Å². The number of methoxy groups -OCH3 is 1. The summed E-state index contributed by atoms with van der Waals surface area (Å²) in [5.74, 6) is 1.17. The molecule has 0 spiro atoms. The molecule has 1 heterocycles. The van der Waals surface area contributed by atoms with Crippen LogP contribution in [0.4, 0.5) is 5.69 Å². The molecule has 1 N–H and O–H groups in total. The van der Waals surface area contributed by atoms with Crippen molar-refractivity contribution in [2.45, 2.75) is 38.6 Å². The maximum Gasteiger partial charge on any atom is 0.251 e. The van der Waals surface area contributed by atoms with Gasteiger partial charge in [-0.25, -0.2) is 4.90 Å². The highest BCUT2D eigenvalue weighted by Crippen LogP contribution is 2.25. The second-order valence-electron chi connectivity index (χ2n) is 7.07. The number of carbonyl (C=O) groups excluding carboxylic acids is 2. The standard InChI is InChI=1S/C23H28N2O4/c1-3-4-15-29-20-11-7-18(8-12-20)25-22(26)16-21(23(25)27)24-14-13-17-5-9-19(28-2)10-6-17/h5-12,21,24H,3-4,13-16H2,1-2H3/t21-/m1/s1. The zero-order valence-electron chi connectivity index (χ0n) is 17.0. The minimum atomic E-state index is -0.485. The van der Waals surface area contributed by atoms with Crippen molar-refractivity contribution in [1.29, 1.82) is 0 Å². The van der Waals surface area contributed by atoms with E-state index in [2.05, 4.69) is 12.2 Å². The molecule has 6 heteroatoms. The molecule has 1 atom stereocenters. The Morgan fingerprint density at radius 2 is 1.72 bits per heavy atom. The second-order valence-corrected chi connectivity index (χ2v) is 7.07. The van der Waals surface area contributed by atoms with Crippen molar-refractivity contribution < 1.29 is 19.1 Å². The molecule has 0 saturated carbocycles. The van der Waals surface area contributed by atoms with Crippen LogP contribution in [0.15, 0.2) is 48.5 Å². The number of rotatable bonds is 10. The largest absolute Gasteiger partial charge is 0.497 e. The average molecular weight is 396 g/mol. The van der Waals surface area contributed by atoms with Gasteiger partial charge in [-0.15, -0.1) is 0 Å². The number of nitrogens with one attached hydrogen (secondary N) is 1. The van der Waals surface area contributed by atoms with Gasteiger partial charge < -0.3 is 14.8 Å². The van der Waals surface area contributed by atoms with E-state index in [0.29, 0.717) is 18.8 Å². The zero-order chi connectivity index (χ0) is 20.6. The van der Waals surface area contributed by atoms with Crippen LogP contribution in [0.25, 0.3) is 0 Å². The van der Waals surface area contributed by atoms with Crippen molar-refractivity contribution in [2.75, 3.05) is 25.2 Å². The number of hydrogen-bond donors (Lipinski definition) is 1. The van der Waals surface area contributed by atoms with Gasteiger partial charge in [0.15, 0.2) is 0 Å². The minimum absolute atomic E-state index is 0.177. The molecule has 1 fully saturated rings. The van der Waals surface area contributed by atoms with Gasteiger partial charge in [-0.05, 0) is 61.3 Å². The Morgan fingerprint density at radius 3 is 2.38 bits per heavy atom. The maximum atomic E-state index is 12.7. The number of ether oxygens (including phenoxy) is 2. The molecule has 0 aromatic heterocycles. The van der Waals surface area contributed by atoms with E-state index in [-0.39, 0.29) is 18.2 Å². The van der Waals surface area contributed by atoms with Gasteiger partial charge in [0.25, 0.3) is 5.91 Å². The molecule has 2 aromatic carbocycles. The first-order valence-corrected chi connectivity index (χ1v) is 10.1. The number of carbonyl (C=O) groups is 2. The maximum absolute atomic E-state index is 12.7. The van der Waals surface area contributed by atoms with Crippen molar-refractivity contribution >= 4 is 17.5 Å². The van der Waals surface area contributed by atoms with Crippen LogP contribution in [0.3, 0.4) is 0 Å². The van der Waals surface area contributed by atoms with Crippen molar-refractivity contribution in [1.82, 2.24) is 5.32 Å². The quantitative estimate of drug-likeness (QED) is 0.493. The van der Waals surface area contributed by atoms with Crippen LogP contribution >= 0.6 is 0 Å². The Balaban J connectivity index is 1.53. The van der Waals surface area contributed by atoms with Crippen LogP contribution in [-0.2, 0) is 16.0 Å². The fraction of sp³-hybridized carbons (Fsp3) is 0.391. The van der Waals surface area contributed by atoms with E-state index in [0.717, 1.165) is 36.3 Å². The summed E-state index contributed by atoms with van der Waals surface area (Å²) in [5, 5.41) is 3.22. The van der Waals surface area contributed by atoms with Gasteiger partial charge in [-0.2, -0.15) is 0 Å². The molecule has 2 aromatic rings. The summed E-state index contributed by atoms with van der Waals surface area (Å²) in [5.41, 5.74) is 1.73. The number of hydrogen-bond acceptors (Lipinski definition) is 5. The van der Waals surface area contributed by atoms with Crippen LogP contribution in [0.1, 0.15) is 31.7 Å². The summed E-state index contributed by atoms with van der Waals surface area (Å²) < 4.78 is 10.8. The first-order chi connectivity index (χ1) is 14.1. The van der Waals surface area contributed by atoms with Crippen molar-refractivity contribution in [3.63, 3.8) is 0 Å². The summed E-state index contributed by atoms with van der Waals surface area (Å²) in [6, 6.07) is 14.5. The third-order valence-electron chi connectivity index (χ3n) is 4.97. The highest BCUT2D eigenvalue weighted by atomic mass is 16.5. The molecule has 1 aliphatic heterocycles. The first-order valence-electron chi connectivity index (χ1n) is 10.1. The Hall–Kier alpha value is -2.86. The summed E-state index contributed by atoms with van der Waals surface area (Å²) in [6.07, 6.45) is 3.01. The highest BCUT2D eigenvalue weighted by molar-refractivity contribution is 6.22. The monoisotopic (exact) mass is 396 g/mol. The molecule has 2 amide bonds. The first kappa shape index (κ1) is 20.9. The van der Waals surface area contributed by atoms with Crippen molar-refractivity contribution in [3.8, 4) is 11.5 Å². The predicted molar refractivity (Wildman–Crippen MR) is 112 cm³/mol. The molecule has 154 valence electrons. The summed E-state index contributed by atoms with van der Waals surface area (Å²) in [7, 11) is 1.64. The van der Waals surface area contributed by atoms with E-state index < -0.39 is 6.04 Å². The van der Waals surface area contributed by atoms with Crippen LogP contribution in [0.2, 0.25) is 0 Å². The molecule has 0 unspecified atom stereocenters. The van der Waals surface area contributed by atoms with Gasteiger partial charge in [-0.1, -0.05) is 25.5 Å². The summed E-state index contributed by atoms with van der Waals surface area (Å²) in [4.78, 5) is 26.4. The van der Waals surface area contributed by atoms with E-state index >= 15 is 0 Å². The second kappa shape index (κ2) is 10.1. The van der Waals surface area contributed by atoms with Gasteiger partial charge in [-0.3, -0.25) is 9.59 Å². The van der Waals surface area contributed by atoms with Gasteiger partial charge in [0.05, 0.1) is 31.9 Å². The molecular formula is C23H28N2O4. The van der Waals surface area contributed by atoms with E-state index in [1.807, 2.05) is 24.3 Å². The zero-order valence-corrected chi connectivity index (χ0v) is 17.0. The third kappa shape index (κ3) is 5.35. The molecule has 0 aliphatic carbocycles. The number of amides is 2. The number of anilines is 1. The van der Waals surface area contributed by atoms with Crippen LogP contribution in [-0.4, -0.2) is 38.1 Å². The van der Waals surface area contributed by atoms with Crippen molar-refractivity contribution in [2.24, 2.45) is 0 Å². The van der Waals surface area contributed by atoms with Gasteiger partial charge in [0, 0.05) is 0 Å². The van der Waals surface area contributed by atoms with Crippen molar-refractivity contribution in [3.05, 3.63) is 54.1 Å². The lowest BCUT2D eigenvalue weighted by molar-refractivity contribution is -0.121. The van der Waals surface area contributed by atoms with E-state index in [9.17, 15) is 9.59 Å². The van der Waals surface area contributed by atoms with Gasteiger partial charge >= 0.3 is 0 Å². The average Bonchev–Trinajstić information content (AvgIpc) is 3.02. The predicted octanol–water partition coefficient (Wildman–Crippen LogP) is 3.34.